The van der Waals surface area contributed by atoms with Gasteiger partial charge in [-0.1, -0.05) is 35.2 Å². The molecule has 0 unspecified atom stereocenters. The van der Waals surface area contributed by atoms with Crippen LogP contribution in [0.3, 0.4) is 0 Å². The lowest BCUT2D eigenvalue weighted by Gasteiger charge is -2.03. The Balaban J connectivity index is 2.01. The molecule has 0 saturated heterocycles. The average Bonchev–Trinajstić information content (AvgIpc) is 2.85. The number of thioether (sulfide) groups is 1. The lowest BCUT2D eigenvalue weighted by atomic mass is 10.1. The Morgan fingerprint density at radius 2 is 2.21 bits per heavy atom. The van der Waals surface area contributed by atoms with Crippen LogP contribution in [-0.4, -0.2) is 35.4 Å². The number of hydrogen-bond donors (Lipinski definition) is 1. The first kappa shape index (κ1) is 13.8. The molecule has 1 aromatic carbocycles. The second-order valence-electron chi connectivity index (χ2n) is 4.04. The highest BCUT2D eigenvalue weighted by atomic mass is 32.2. The fraction of sp³-hybridized carbons (Fsp3) is 0.250. The molecule has 1 heterocycles. The average molecular weight is 295 g/mol. The molecule has 0 radical (unpaired) electrons. The number of benzene rings is 1. The number of hydrogen-bond acceptors (Lipinski definition) is 6. The van der Waals surface area contributed by atoms with Crippen LogP contribution in [0.5, 0.6) is 0 Å². The highest BCUT2D eigenvalue weighted by Crippen LogP contribution is 2.29. The fourth-order valence-corrected chi connectivity index (χ4v) is 3.09. The molecule has 0 atom stereocenters. The quantitative estimate of drug-likeness (QED) is 0.855. The van der Waals surface area contributed by atoms with Gasteiger partial charge in [0.05, 0.1) is 5.56 Å². The van der Waals surface area contributed by atoms with Crippen molar-refractivity contribution < 1.29 is 9.90 Å². The topological polar surface area (TPSA) is 66.3 Å². The third-order valence-corrected chi connectivity index (χ3v) is 4.61. The summed E-state index contributed by atoms with van der Waals surface area (Å²) >= 11 is 3.08. The van der Waals surface area contributed by atoms with E-state index in [0.29, 0.717) is 11.3 Å². The maximum absolute atomic E-state index is 10.9. The van der Waals surface area contributed by atoms with Crippen molar-refractivity contribution in [3.05, 3.63) is 35.4 Å². The minimum absolute atomic E-state index is 0.310. The molecule has 2 aromatic rings. The number of carbonyl (C=O) groups is 1. The van der Waals surface area contributed by atoms with E-state index in [4.69, 9.17) is 5.11 Å². The van der Waals surface area contributed by atoms with Crippen LogP contribution in [0, 0.1) is 0 Å². The Morgan fingerprint density at radius 1 is 1.42 bits per heavy atom. The van der Waals surface area contributed by atoms with Crippen molar-refractivity contribution in [2.75, 3.05) is 19.0 Å². The Bertz CT molecular complexity index is 584. The highest BCUT2D eigenvalue weighted by molar-refractivity contribution is 8.00. The molecule has 0 aliphatic carbocycles. The number of carboxylic acids is 1. The van der Waals surface area contributed by atoms with Gasteiger partial charge in [-0.3, -0.25) is 0 Å². The molecule has 1 aromatic heterocycles. The van der Waals surface area contributed by atoms with E-state index >= 15 is 0 Å². The monoisotopic (exact) mass is 295 g/mol. The molecule has 5 nitrogen and oxygen atoms in total. The van der Waals surface area contributed by atoms with E-state index in [1.165, 1.54) is 11.3 Å². The fourth-order valence-electron chi connectivity index (χ4n) is 1.38. The molecule has 100 valence electrons. The summed E-state index contributed by atoms with van der Waals surface area (Å²) in [4.78, 5) is 12.8. The van der Waals surface area contributed by atoms with Gasteiger partial charge in [0.1, 0.15) is 0 Å². The van der Waals surface area contributed by atoms with Crippen molar-refractivity contribution in [3.63, 3.8) is 0 Å². The van der Waals surface area contributed by atoms with Gasteiger partial charge in [-0.25, -0.2) is 4.79 Å². The highest BCUT2D eigenvalue weighted by Gasteiger charge is 2.08. The van der Waals surface area contributed by atoms with Crippen molar-refractivity contribution in [1.82, 2.24) is 10.2 Å². The van der Waals surface area contributed by atoms with Gasteiger partial charge < -0.3 is 10.0 Å². The minimum Gasteiger partial charge on any atom is -0.478 e. The molecule has 0 amide bonds. The molecule has 0 bridgehead atoms. The van der Waals surface area contributed by atoms with Crippen molar-refractivity contribution in [2.24, 2.45) is 0 Å². The number of aromatic carboxylic acids is 1. The number of carboxylic acid groups (broad SMARTS) is 1. The molecule has 1 N–H and O–H groups in total. The zero-order valence-electron chi connectivity index (χ0n) is 10.5. The van der Waals surface area contributed by atoms with Crippen LogP contribution in [-0.2, 0) is 5.75 Å². The maximum Gasteiger partial charge on any atom is 0.335 e. The Labute approximate surface area is 119 Å². The molecule has 0 saturated carbocycles. The number of aromatic nitrogens is 2. The molecular weight excluding hydrogens is 282 g/mol. The standard InChI is InChI=1S/C12H13N3O2S2/c1-15(2)11-13-14-12(19-11)18-7-8-4-3-5-9(6-8)10(16)17/h3-6H,7H2,1-2H3,(H,16,17). The predicted molar refractivity (Wildman–Crippen MR) is 77.2 cm³/mol. The lowest BCUT2D eigenvalue weighted by Crippen LogP contribution is -2.07. The summed E-state index contributed by atoms with van der Waals surface area (Å²) < 4.78 is 0.879. The van der Waals surface area contributed by atoms with Crippen molar-refractivity contribution in [1.29, 1.82) is 0 Å². The zero-order chi connectivity index (χ0) is 13.8. The van der Waals surface area contributed by atoms with Crippen molar-refractivity contribution >= 4 is 34.2 Å². The van der Waals surface area contributed by atoms with Crippen molar-refractivity contribution in [2.45, 2.75) is 10.1 Å². The Morgan fingerprint density at radius 3 is 2.84 bits per heavy atom. The molecule has 2 rings (SSSR count). The third-order valence-electron chi connectivity index (χ3n) is 2.31. The third kappa shape index (κ3) is 3.68. The van der Waals surface area contributed by atoms with E-state index in [9.17, 15) is 4.79 Å². The predicted octanol–water partition coefficient (Wildman–Crippen LogP) is 2.59. The van der Waals surface area contributed by atoms with E-state index < -0.39 is 5.97 Å². The van der Waals surface area contributed by atoms with E-state index in [2.05, 4.69) is 10.2 Å². The van der Waals surface area contributed by atoms with Crippen molar-refractivity contribution in [3.8, 4) is 0 Å². The number of anilines is 1. The van der Waals surface area contributed by atoms with Gasteiger partial charge in [-0.2, -0.15) is 0 Å². The summed E-state index contributed by atoms with van der Waals surface area (Å²) in [5.41, 5.74) is 1.27. The van der Waals surface area contributed by atoms with E-state index in [-0.39, 0.29) is 0 Å². The lowest BCUT2D eigenvalue weighted by molar-refractivity contribution is 0.0697. The Hall–Kier alpha value is -1.60. The van der Waals surface area contributed by atoms with Gasteiger partial charge >= 0.3 is 5.97 Å². The normalized spacial score (nSPS) is 10.4. The second kappa shape index (κ2) is 6.03. The van der Waals surface area contributed by atoms with Gasteiger partial charge in [0.2, 0.25) is 5.13 Å². The zero-order valence-corrected chi connectivity index (χ0v) is 12.2. The summed E-state index contributed by atoms with van der Waals surface area (Å²) in [5, 5.41) is 17.9. The summed E-state index contributed by atoms with van der Waals surface area (Å²) in [6.07, 6.45) is 0. The van der Waals surface area contributed by atoms with Crippen LogP contribution in [0.4, 0.5) is 5.13 Å². The van der Waals surface area contributed by atoms with Crippen LogP contribution in [0.1, 0.15) is 15.9 Å². The van der Waals surface area contributed by atoms with Gasteiger partial charge in [0.25, 0.3) is 0 Å². The van der Waals surface area contributed by atoms with E-state index in [1.807, 2.05) is 25.1 Å². The first-order chi connectivity index (χ1) is 9.06. The summed E-state index contributed by atoms with van der Waals surface area (Å²) in [5.74, 6) is -0.221. The Kier molecular flexibility index (Phi) is 4.39. The number of rotatable bonds is 5. The molecule has 0 fully saturated rings. The van der Waals surface area contributed by atoms with Gasteiger partial charge in [0, 0.05) is 19.8 Å². The molecule has 0 aliphatic rings. The molecule has 19 heavy (non-hydrogen) atoms. The molecular formula is C12H13N3O2S2. The molecule has 7 heteroatoms. The van der Waals surface area contributed by atoms with Crippen LogP contribution in [0.25, 0.3) is 0 Å². The van der Waals surface area contributed by atoms with Gasteiger partial charge in [-0.05, 0) is 17.7 Å². The maximum atomic E-state index is 10.9. The van der Waals surface area contributed by atoms with Crippen LogP contribution < -0.4 is 4.90 Å². The SMILES string of the molecule is CN(C)c1nnc(SCc2cccc(C(=O)O)c2)s1. The summed E-state index contributed by atoms with van der Waals surface area (Å²) in [6.45, 7) is 0. The second-order valence-corrected chi connectivity index (χ2v) is 6.22. The summed E-state index contributed by atoms with van der Waals surface area (Å²) in [6, 6.07) is 6.94. The van der Waals surface area contributed by atoms with Crippen LogP contribution >= 0.6 is 23.1 Å². The van der Waals surface area contributed by atoms with Gasteiger partial charge in [0.15, 0.2) is 4.34 Å². The molecule has 0 spiro atoms. The van der Waals surface area contributed by atoms with E-state index in [1.54, 1.807) is 30.0 Å². The minimum atomic E-state index is -0.905. The largest absolute Gasteiger partial charge is 0.478 e. The molecule has 0 aliphatic heterocycles. The smallest absolute Gasteiger partial charge is 0.335 e. The van der Waals surface area contributed by atoms with Gasteiger partial charge in [-0.15, -0.1) is 10.2 Å². The number of nitrogens with zero attached hydrogens (tertiary/aromatic N) is 3. The van der Waals surface area contributed by atoms with Crippen LogP contribution in [0.15, 0.2) is 28.6 Å². The summed E-state index contributed by atoms with van der Waals surface area (Å²) in [7, 11) is 3.84. The first-order valence-corrected chi connectivity index (χ1v) is 7.32. The van der Waals surface area contributed by atoms with Crippen LogP contribution in [0.2, 0.25) is 0 Å². The first-order valence-electron chi connectivity index (χ1n) is 5.52. The van der Waals surface area contributed by atoms with E-state index in [0.717, 1.165) is 15.0 Å².